The first-order chi connectivity index (χ1) is 12.9. The molecule has 0 spiro atoms. The van der Waals surface area contributed by atoms with Gasteiger partial charge in [-0.3, -0.25) is 0 Å². The molecule has 1 unspecified atom stereocenters. The van der Waals surface area contributed by atoms with Gasteiger partial charge in [0.2, 0.25) is 5.89 Å². The minimum Gasteiger partial charge on any atom is -0.497 e. The second-order valence-electron chi connectivity index (χ2n) is 5.37. The lowest BCUT2D eigenvalue weighted by Gasteiger charge is -2.06. The van der Waals surface area contributed by atoms with Crippen LogP contribution in [0.5, 0.6) is 5.75 Å². The van der Waals surface area contributed by atoms with Gasteiger partial charge in [0, 0.05) is 12.1 Å². The number of alkyl halides is 3. The number of aromatic nitrogens is 2. The molecule has 0 aliphatic rings. The van der Waals surface area contributed by atoms with Crippen LogP contribution < -0.4 is 9.46 Å². The molecule has 3 rings (SSSR count). The van der Waals surface area contributed by atoms with Gasteiger partial charge in [-0.15, -0.1) is 10.2 Å². The topological polar surface area (TPSA) is 77.2 Å². The lowest BCUT2D eigenvalue weighted by molar-refractivity contribution is -0.156. The summed E-state index contributed by atoms with van der Waals surface area (Å²) in [6.07, 6.45) is -4.68. The average Bonchev–Trinajstić information content (AvgIpc) is 3.17. The third kappa shape index (κ3) is 4.72. The second-order valence-corrected chi connectivity index (χ2v) is 6.67. The quantitative estimate of drug-likeness (QED) is 0.688. The van der Waals surface area contributed by atoms with E-state index in [0.717, 1.165) is 5.56 Å². The van der Waals surface area contributed by atoms with Crippen LogP contribution in [0, 0.1) is 0 Å². The highest BCUT2D eigenvalue weighted by atomic mass is 32.2. The minimum atomic E-state index is -4.68. The van der Waals surface area contributed by atoms with Crippen molar-refractivity contribution < 1.29 is 26.5 Å². The highest BCUT2D eigenvalue weighted by Gasteiger charge is 2.38. The summed E-state index contributed by atoms with van der Waals surface area (Å²) in [7, 11) is 0.134. The van der Waals surface area contributed by atoms with Crippen LogP contribution in [-0.2, 0) is 23.7 Å². The molecule has 0 amide bonds. The molecule has 0 saturated carbocycles. The molecule has 0 bridgehead atoms. The Morgan fingerprint density at radius 3 is 2.30 bits per heavy atom. The predicted molar refractivity (Wildman–Crippen MR) is 91.0 cm³/mol. The number of benzene rings is 2. The van der Waals surface area contributed by atoms with Crippen molar-refractivity contribution in [1.82, 2.24) is 14.9 Å². The van der Waals surface area contributed by atoms with E-state index in [9.17, 15) is 17.4 Å². The first-order valence-electron chi connectivity index (χ1n) is 7.66. The summed E-state index contributed by atoms with van der Waals surface area (Å²) in [6, 6.07) is 13.3. The van der Waals surface area contributed by atoms with Crippen molar-refractivity contribution in [2.24, 2.45) is 0 Å². The fourth-order valence-corrected chi connectivity index (χ4v) is 3.00. The van der Waals surface area contributed by atoms with Gasteiger partial charge in [0.1, 0.15) is 16.7 Å². The first-order valence-corrected chi connectivity index (χ1v) is 8.81. The molecule has 142 valence electrons. The molecule has 3 aromatic rings. The monoisotopic (exact) mass is 397 g/mol. The Morgan fingerprint density at radius 1 is 1.07 bits per heavy atom. The number of rotatable bonds is 6. The Balaban J connectivity index is 1.62. The maximum atomic E-state index is 12.5. The summed E-state index contributed by atoms with van der Waals surface area (Å²) in [5.74, 6) is -0.942. The highest BCUT2D eigenvalue weighted by Crippen LogP contribution is 2.30. The van der Waals surface area contributed by atoms with Gasteiger partial charge in [-0.25, -0.2) is 8.93 Å². The lowest BCUT2D eigenvalue weighted by Crippen LogP contribution is -2.16. The number of hydrogen-bond acceptors (Lipinski definition) is 5. The van der Waals surface area contributed by atoms with E-state index in [1.54, 1.807) is 55.6 Å². The average molecular weight is 397 g/mol. The first kappa shape index (κ1) is 19.1. The number of nitrogens with one attached hydrogen (secondary N) is 1. The molecule has 0 aliphatic carbocycles. The van der Waals surface area contributed by atoms with Crippen molar-refractivity contribution in [2.75, 3.05) is 7.11 Å². The molecule has 1 N–H and O–H groups in total. The van der Waals surface area contributed by atoms with Gasteiger partial charge in [-0.2, -0.15) is 13.2 Å². The van der Waals surface area contributed by atoms with Gasteiger partial charge in [0.05, 0.1) is 12.0 Å². The third-order valence-electron chi connectivity index (χ3n) is 3.55. The second kappa shape index (κ2) is 7.89. The van der Waals surface area contributed by atoms with Crippen molar-refractivity contribution in [3.8, 4) is 17.2 Å². The number of hydrogen-bond donors (Lipinski definition) is 1. The largest absolute Gasteiger partial charge is 0.497 e. The molecule has 0 saturated heterocycles. The van der Waals surface area contributed by atoms with Crippen LogP contribution in [0.15, 0.2) is 57.8 Å². The highest BCUT2D eigenvalue weighted by molar-refractivity contribution is 7.83. The normalized spacial score (nSPS) is 12.7. The molecule has 6 nitrogen and oxygen atoms in total. The smallest absolute Gasteiger partial charge is 0.470 e. The zero-order chi connectivity index (χ0) is 19.4. The van der Waals surface area contributed by atoms with Gasteiger partial charge in [-0.1, -0.05) is 12.1 Å². The molecule has 10 heteroatoms. The van der Waals surface area contributed by atoms with Crippen molar-refractivity contribution >= 4 is 11.0 Å². The van der Waals surface area contributed by atoms with Gasteiger partial charge in [0.25, 0.3) is 0 Å². The Labute approximate surface area is 155 Å². The van der Waals surface area contributed by atoms with Crippen molar-refractivity contribution in [2.45, 2.75) is 17.6 Å². The van der Waals surface area contributed by atoms with Crippen molar-refractivity contribution in [3.05, 3.63) is 60.0 Å². The number of ether oxygens (including phenoxy) is 1. The number of halogens is 3. The maximum Gasteiger partial charge on any atom is 0.470 e. The summed E-state index contributed by atoms with van der Waals surface area (Å²) in [5.41, 5.74) is 1.15. The van der Waals surface area contributed by atoms with Gasteiger partial charge in [0.15, 0.2) is 0 Å². The van der Waals surface area contributed by atoms with Crippen molar-refractivity contribution in [3.63, 3.8) is 0 Å². The predicted octanol–water partition coefficient (Wildman–Crippen LogP) is 3.58. The van der Waals surface area contributed by atoms with Crippen LogP contribution in [0.1, 0.15) is 11.5 Å². The van der Waals surface area contributed by atoms with Crippen molar-refractivity contribution in [1.29, 1.82) is 0 Å². The molecule has 27 heavy (non-hydrogen) atoms. The summed E-state index contributed by atoms with van der Waals surface area (Å²) < 4.78 is 62.3. The molecule has 1 aromatic heterocycles. The van der Waals surface area contributed by atoms with Gasteiger partial charge >= 0.3 is 12.1 Å². The van der Waals surface area contributed by atoms with Crippen LogP contribution in [0.2, 0.25) is 0 Å². The van der Waals surface area contributed by atoms with Gasteiger partial charge < -0.3 is 9.15 Å². The van der Waals surface area contributed by atoms with Crippen LogP contribution in [0.4, 0.5) is 13.2 Å². The van der Waals surface area contributed by atoms with E-state index in [4.69, 9.17) is 4.74 Å². The molecule has 2 aromatic carbocycles. The number of nitrogens with zero attached hydrogens (tertiary/aromatic N) is 2. The third-order valence-corrected chi connectivity index (χ3v) is 4.66. The van der Waals surface area contributed by atoms with Gasteiger partial charge in [-0.05, 0) is 42.0 Å². The molecular weight excluding hydrogens is 383 g/mol. The lowest BCUT2D eigenvalue weighted by atomic mass is 10.1. The summed E-state index contributed by atoms with van der Waals surface area (Å²) in [5, 5.41) is 6.39. The van der Waals surface area contributed by atoms with Crippen LogP contribution >= 0.6 is 0 Å². The number of methoxy groups -OCH3 is 1. The van der Waals surface area contributed by atoms with E-state index < -0.39 is 23.1 Å². The van der Waals surface area contributed by atoms with E-state index in [1.807, 2.05) is 0 Å². The van der Waals surface area contributed by atoms with E-state index in [1.165, 1.54) is 0 Å². The minimum absolute atomic E-state index is 0.219. The van der Waals surface area contributed by atoms with E-state index >= 15 is 0 Å². The fraction of sp³-hybridized carbons (Fsp3) is 0.176. The Bertz CT molecular complexity index is 925. The van der Waals surface area contributed by atoms with Crippen LogP contribution in [0.25, 0.3) is 11.5 Å². The Kier molecular flexibility index (Phi) is 5.57. The summed E-state index contributed by atoms with van der Waals surface area (Å²) in [4.78, 5) is 0.595. The zero-order valence-electron chi connectivity index (χ0n) is 14.0. The fourth-order valence-electron chi connectivity index (χ4n) is 2.15. The molecule has 1 heterocycles. The van der Waals surface area contributed by atoms with E-state index in [2.05, 4.69) is 19.3 Å². The standard InChI is InChI=1S/C17H14F3N3O3S/c1-25-13-6-8-14(9-7-13)27(24)21-10-11-2-4-12(5-3-11)15-22-23-16(26-15)17(18,19)20/h2-9,21H,10H2,1H3. The van der Waals surface area contributed by atoms with Crippen LogP contribution in [0.3, 0.4) is 0 Å². The Morgan fingerprint density at radius 2 is 1.74 bits per heavy atom. The molecule has 0 aliphatic heterocycles. The SMILES string of the molecule is COc1ccc(S(=O)NCc2ccc(-c3nnc(C(F)(F)F)o3)cc2)cc1. The molecular formula is C17H14F3N3O3S. The maximum absolute atomic E-state index is 12.5. The molecule has 1 atom stereocenters. The molecule has 0 fully saturated rings. The summed E-state index contributed by atoms with van der Waals surface area (Å²) in [6.45, 7) is 0.302. The molecule has 0 radical (unpaired) electrons. The summed E-state index contributed by atoms with van der Waals surface area (Å²) >= 11 is 0. The van der Waals surface area contributed by atoms with Crippen LogP contribution in [-0.4, -0.2) is 21.5 Å². The van der Waals surface area contributed by atoms with E-state index in [0.29, 0.717) is 22.8 Å². The zero-order valence-corrected chi connectivity index (χ0v) is 14.8. The van der Waals surface area contributed by atoms with E-state index in [-0.39, 0.29) is 5.89 Å². The Hall–Kier alpha value is -2.72.